The van der Waals surface area contributed by atoms with Gasteiger partial charge in [0.1, 0.15) is 15.3 Å². The Balaban J connectivity index is 1.70. The van der Waals surface area contributed by atoms with Crippen molar-refractivity contribution in [3.63, 3.8) is 0 Å². The van der Waals surface area contributed by atoms with E-state index in [1.54, 1.807) is 37.3 Å². The number of carbonyl (C=O) groups excluding carboxylic acids is 1. The molecule has 1 aliphatic rings. The van der Waals surface area contributed by atoms with Crippen molar-refractivity contribution in [3.05, 3.63) is 49.4 Å². The average Bonchev–Trinajstić information content (AvgIpc) is 3.40. The summed E-state index contributed by atoms with van der Waals surface area (Å²) in [6, 6.07) is 8.48. The van der Waals surface area contributed by atoms with Gasteiger partial charge in [0, 0.05) is 37.1 Å². The third kappa shape index (κ3) is 5.43. The van der Waals surface area contributed by atoms with Crippen LogP contribution in [0, 0.1) is 11.3 Å². The van der Waals surface area contributed by atoms with Gasteiger partial charge in [-0.05, 0) is 57.1 Å². The maximum atomic E-state index is 12.6. The quantitative estimate of drug-likeness (QED) is 0.525. The van der Waals surface area contributed by atoms with Gasteiger partial charge in [-0.2, -0.15) is 5.26 Å². The number of carboxylic acids is 1. The van der Waals surface area contributed by atoms with Crippen molar-refractivity contribution < 1.29 is 14.7 Å². The predicted molar refractivity (Wildman–Crippen MR) is 123 cm³/mol. The van der Waals surface area contributed by atoms with Crippen molar-refractivity contribution in [2.45, 2.75) is 26.3 Å². The number of amides is 1. The highest BCUT2D eigenvalue weighted by atomic mass is 32.1. The number of aliphatic carboxylic acids is 1. The average molecular weight is 456 g/mol. The van der Waals surface area contributed by atoms with E-state index in [0.717, 1.165) is 31.0 Å². The molecule has 2 heterocycles. The van der Waals surface area contributed by atoms with Gasteiger partial charge in [-0.15, -0.1) is 11.3 Å². The molecular formula is C22H25N5O4S. The van der Waals surface area contributed by atoms with E-state index in [1.807, 2.05) is 0 Å². The molecule has 1 saturated heterocycles. The van der Waals surface area contributed by atoms with Gasteiger partial charge in [-0.25, -0.2) is 4.79 Å². The van der Waals surface area contributed by atoms with Crippen LogP contribution in [0.4, 0.5) is 5.69 Å². The summed E-state index contributed by atoms with van der Waals surface area (Å²) < 4.78 is 1.65. The fourth-order valence-corrected chi connectivity index (χ4v) is 4.56. The van der Waals surface area contributed by atoms with Crippen molar-refractivity contribution in [2.24, 2.45) is 0 Å². The van der Waals surface area contributed by atoms with Crippen LogP contribution in [0.1, 0.15) is 30.1 Å². The molecule has 1 aliphatic heterocycles. The summed E-state index contributed by atoms with van der Waals surface area (Å²) in [5.41, 5.74) is 0.369. The van der Waals surface area contributed by atoms with Crippen LogP contribution in [0.3, 0.4) is 0 Å². The lowest BCUT2D eigenvalue weighted by molar-refractivity contribution is -0.130. The number of likely N-dealkylation sites (tertiary alicyclic amines) is 1. The lowest BCUT2D eigenvalue weighted by Gasteiger charge is -2.14. The number of rotatable bonds is 8. The molecule has 168 valence electrons. The molecule has 0 bridgehead atoms. The Bertz CT molecular complexity index is 1200. The molecule has 1 fully saturated rings. The molecule has 10 heteroatoms. The largest absolute Gasteiger partial charge is 0.477 e. The standard InChI is InChI=1S/C22H25N5O4S/c1-2-27-20(29)18(32-21(27)17(13-23)22(30)31)14-25-16-7-5-15(6-8-16)19(28)24-9-12-26-10-3-4-11-26/h5-8,14,25H,2-4,9-12H2,1H3,(H,24,28)(H,30,31)/b18-14+,21-17-. The van der Waals surface area contributed by atoms with Crippen LogP contribution < -0.4 is 25.4 Å². The SMILES string of the molecule is CCn1c(=O)/c(=C\Nc2ccc(C(=O)NCCN3CCCC3)cc2)s/c1=C(/C#N)C(=O)O. The Morgan fingerprint density at radius 2 is 1.94 bits per heavy atom. The first-order valence-corrected chi connectivity index (χ1v) is 11.2. The van der Waals surface area contributed by atoms with Crippen molar-refractivity contribution in [1.82, 2.24) is 14.8 Å². The molecule has 1 aromatic carbocycles. The van der Waals surface area contributed by atoms with Crippen LogP contribution >= 0.6 is 11.3 Å². The van der Waals surface area contributed by atoms with E-state index in [-0.39, 0.29) is 27.2 Å². The van der Waals surface area contributed by atoms with E-state index in [9.17, 15) is 19.5 Å². The number of benzene rings is 1. The molecule has 0 saturated carbocycles. The van der Waals surface area contributed by atoms with E-state index in [1.165, 1.54) is 23.6 Å². The summed E-state index contributed by atoms with van der Waals surface area (Å²) >= 11 is 0.942. The third-order valence-electron chi connectivity index (χ3n) is 5.19. The summed E-state index contributed by atoms with van der Waals surface area (Å²) in [7, 11) is 0. The Labute approximate surface area is 188 Å². The molecule has 1 aromatic heterocycles. The maximum absolute atomic E-state index is 12.6. The smallest absolute Gasteiger partial charge is 0.349 e. The summed E-state index contributed by atoms with van der Waals surface area (Å²) in [5.74, 6) is -1.51. The van der Waals surface area contributed by atoms with Crippen LogP contribution in [0.25, 0.3) is 11.8 Å². The van der Waals surface area contributed by atoms with Gasteiger partial charge in [0.2, 0.25) is 0 Å². The van der Waals surface area contributed by atoms with E-state index in [2.05, 4.69) is 15.5 Å². The van der Waals surface area contributed by atoms with Gasteiger partial charge in [-0.3, -0.25) is 14.2 Å². The first-order chi connectivity index (χ1) is 15.4. The van der Waals surface area contributed by atoms with Gasteiger partial charge in [0.15, 0.2) is 5.57 Å². The summed E-state index contributed by atoms with van der Waals surface area (Å²) in [4.78, 5) is 38.5. The second-order valence-electron chi connectivity index (χ2n) is 7.28. The van der Waals surface area contributed by atoms with Crippen molar-refractivity contribution in [1.29, 1.82) is 5.26 Å². The maximum Gasteiger partial charge on any atom is 0.349 e. The highest BCUT2D eigenvalue weighted by molar-refractivity contribution is 7.07. The van der Waals surface area contributed by atoms with Crippen LogP contribution in [-0.4, -0.2) is 52.6 Å². The number of nitrogens with one attached hydrogen (secondary N) is 2. The van der Waals surface area contributed by atoms with Crippen molar-refractivity contribution >= 4 is 40.7 Å². The fourth-order valence-electron chi connectivity index (χ4n) is 3.48. The monoisotopic (exact) mass is 455 g/mol. The Hall–Kier alpha value is -3.42. The normalized spacial score (nSPS) is 15.3. The summed E-state index contributed by atoms with van der Waals surface area (Å²) in [5, 5.41) is 24.2. The van der Waals surface area contributed by atoms with Crippen molar-refractivity contribution in [3.8, 4) is 6.07 Å². The molecule has 9 nitrogen and oxygen atoms in total. The number of carbonyl (C=O) groups is 2. The van der Waals surface area contributed by atoms with Crippen LogP contribution in [0.15, 0.2) is 29.1 Å². The Morgan fingerprint density at radius 1 is 1.25 bits per heavy atom. The molecule has 3 N–H and O–H groups in total. The van der Waals surface area contributed by atoms with E-state index in [4.69, 9.17) is 5.26 Å². The number of aromatic nitrogens is 1. The van der Waals surface area contributed by atoms with Gasteiger partial charge >= 0.3 is 5.97 Å². The molecule has 2 aromatic rings. The zero-order valence-electron chi connectivity index (χ0n) is 17.8. The fraction of sp³-hybridized carbons (Fsp3) is 0.364. The van der Waals surface area contributed by atoms with E-state index >= 15 is 0 Å². The molecule has 0 radical (unpaired) electrons. The first kappa shape index (κ1) is 23.2. The van der Waals surface area contributed by atoms with Crippen LogP contribution in [0.5, 0.6) is 0 Å². The van der Waals surface area contributed by atoms with Gasteiger partial charge in [0.25, 0.3) is 11.5 Å². The molecule has 0 aliphatic carbocycles. The van der Waals surface area contributed by atoms with Crippen LogP contribution in [0.2, 0.25) is 0 Å². The molecule has 32 heavy (non-hydrogen) atoms. The second-order valence-corrected chi connectivity index (χ2v) is 8.31. The predicted octanol–water partition coefficient (Wildman–Crippen LogP) is 0.364. The molecule has 0 spiro atoms. The number of thiazole rings is 1. The van der Waals surface area contributed by atoms with E-state index in [0.29, 0.717) is 17.8 Å². The lowest BCUT2D eigenvalue weighted by atomic mass is 10.2. The topological polar surface area (TPSA) is 127 Å². The zero-order valence-corrected chi connectivity index (χ0v) is 18.6. The van der Waals surface area contributed by atoms with Gasteiger partial charge in [0.05, 0.1) is 0 Å². The van der Waals surface area contributed by atoms with E-state index < -0.39 is 11.5 Å². The third-order valence-corrected chi connectivity index (χ3v) is 6.32. The number of carboxylic acid groups (broad SMARTS) is 1. The molecule has 3 rings (SSSR count). The minimum Gasteiger partial charge on any atom is -0.477 e. The number of nitriles is 1. The Morgan fingerprint density at radius 3 is 2.53 bits per heavy atom. The Kier molecular flexibility index (Phi) is 7.81. The molecule has 0 unspecified atom stereocenters. The number of hydrogen-bond acceptors (Lipinski definition) is 7. The van der Waals surface area contributed by atoms with Crippen molar-refractivity contribution in [2.75, 3.05) is 31.5 Å². The van der Waals surface area contributed by atoms with Gasteiger partial charge in [-0.1, -0.05) is 0 Å². The highest BCUT2D eigenvalue weighted by Gasteiger charge is 2.14. The molecular weight excluding hydrogens is 430 g/mol. The zero-order chi connectivity index (χ0) is 23.1. The molecule has 1 amide bonds. The highest BCUT2D eigenvalue weighted by Crippen LogP contribution is 2.10. The summed E-state index contributed by atoms with van der Waals surface area (Å²) in [6.45, 7) is 5.60. The number of anilines is 1. The van der Waals surface area contributed by atoms with Crippen LogP contribution in [-0.2, 0) is 11.3 Å². The second kappa shape index (κ2) is 10.7. The number of nitrogens with zero attached hydrogens (tertiary/aromatic N) is 3. The number of hydrogen-bond donors (Lipinski definition) is 3. The lowest BCUT2D eigenvalue weighted by Crippen LogP contribution is -2.33. The first-order valence-electron chi connectivity index (χ1n) is 10.4. The minimum absolute atomic E-state index is 0.112. The summed E-state index contributed by atoms with van der Waals surface area (Å²) in [6.07, 6.45) is 3.91. The van der Waals surface area contributed by atoms with Gasteiger partial charge < -0.3 is 20.6 Å². The minimum atomic E-state index is -1.37. The molecule has 0 atom stereocenters.